The highest BCUT2D eigenvalue weighted by Crippen LogP contribution is 2.10. The monoisotopic (exact) mass is 391 g/mol. The number of guanidine groups is 1. The highest BCUT2D eigenvalue weighted by Gasteiger charge is 2.10. The van der Waals surface area contributed by atoms with E-state index in [0.717, 1.165) is 78.0 Å². The molecule has 1 aliphatic rings. The van der Waals surface area contributed by atoms with Crippen molar-refractivity contribution in [1.82, 2.24) is 20.4 Å². The number of ether oxygens (including phenoxy) is 2. The summed E-state index contributed by atoms with van der Waals surface area (Å²) in [6.07, 6.45) is 1.06. The normalized spacial score (nSPS) is 15.8. The molecule has 28 heavy (non-hydrogen) atoms. The Kier molecular flexibility index (Phi) is 10.9. The van der Waals surface area contributed by atoms with Gasteiger partial charge in [0.25, 0.3) is 0 Å². The van der Waals surface area contributed by atoms with E-state index in [9.17, 15) is 0 Å². The smallest absolute Gasteiger partial charge is 0.191 e. The van der Waals surface area contributed by atoms with Crippen LogP contribution in [-0.2, 0) is 22.6 Å². The lowest BCUT2D eigenvalue weighted by Gasteiger charge is -2.26. The molecule has 1 aliphatic heterocycles. The van der Waals surface area contributed by atoms with Crippen molar-refractivity contribution < 1.29 is 9.47 Å². The maximum atomic E-state index is 5.43. The fourth-order valence-corrected chi connectivity index (χ4v) is 3.22. The van der Waals surface area contributed by atoms with Crippen molar-refractivity contribution in [1.29, 1.82) is 0 Å². The van der Waals surface area contributed by atoms with Crippen LogP contribution in [-0.4, -0.2) is 89.5 Å². The largest absolute Gasteiger partial charge is 0.385 e. The van der Waals surface area contributed by atoms with Crippen LogP contribution in [0.15, 0.2) is 29.3 Å². The van der Waals surface area contributed by atoms with Crippen LogP contribution < -0.4 is 10.6 Å². The molecule has 158 valence electrons. The van der Waals surface area contributed by atoms with Crippen molar-refractivity contribution in [3.63, 3.8) is 0 Å². The van der Waals surface area contributed by atoms with Crippen molar-refractivity contribution in [2.24, 2.45) is 4.99 Å². The topological polar surface area (TPSA) is 61.4 Å². The van der Waals surface area contributed by atoms with Crippen molar-refractivity contribution in [3.05, 3.63) is 35.4 Å². The number of hydrogen-bond acceptors (Lipinski definition) is 5. The zero-order valence-electron chi connectivity index (χ0n) is 17.7. The van der Waals surface area contributed by atoms with E-state index >= 15 is 0 Å². The zero-order chi connectivity index (χ0) is 20.0. The summed E-state index contributed by atoms with van der Waals surface area (Å²) in [6.45, 7) is 9.14. The summed E-state index contributed by atoms with van der Waals surface area (Å²) in [6, 6.07) is 8.77. The summed E-state index contributed by atoms with van der Waals surface area (Å²) >= 11 is 0. The number of aliphatic imine (C=N–C) groups is 1. The number of morpholine rings is 1. The Labute approximate surface area is 170 Å². The molecule has 0 spiro atoms. The number of methoxy groups -OCH3 is 1. The molecule has 0 saturated carbocycles. The molecule has 0 aliphatic carbocycles. The molecule has 0 aromatic heterocycles. The van der Waals surface area contributed by atoms with Crippen LogP contribution in [0.2, 0.25) is 0 Å². The van der Waals surface area contributed by atoms with Crippen LogP contribution in [0.5, 0.6) is 0 Å². The van der Waals surface area contributed by atoms with E-state index < -0.39 is 0 Å². The first kappa shape index (κ1) is 22.6. The predicted molar refractivity (Wildman–Crippen MR) is 115 cm³/mol. The Balaban J connectivity index is 1.70. The number of rotatable bonds is 11. The molecule has 1 fully saturated rings. The van der Waals surface area contributed by atoms with Gasteiger partial charge in [-0.15, -0.1) is 0 Å². The number of likely N-dealkylation sites (N-methyl/N-ethyl adjacent to an activating group) is 1. The minimum atomic E-state index is 0.764. The maximum Gasteiger partial charge on any atom is 0.191 e. The molecule has 1 saturated heterocycles. The first-order valence-corrected chi connectivity index (χ1v) is 10.2. The average Bonchev–Trinajstić information content (AvgIpc) is 2.72. The van der Waals surface area contributed by atoms with Gasteiger partial charge in [0.2, 0.25) is 0 Å². The lowest BCUT2D eigenvalue weighted by Crippen LogP contribution is -2.40. The Morgan fingerprint density at radius 2 is 2.00 bits per heavy atom. The van der Waals surface area contributed by atoms with E-state index in [-0.39, 0.29) is 0 Å². The Morgan fingerprint density at radius 3 is 2.75 bits per heavy atom. The predicted octanol–water partition coefficient (Wildman–Crippen LogP) is 1.15. The van der Waals surface area contributed by atoms with E-state index in [0.29, 0.717) is 0 Å². The molecule has 1 heterocycles. The number of benzene rings is 1. The highest BCUT2D eigenvalue weighted by atomic mass is 16.5. The van der Waals surface area contributed by atoms with Crippen LogP contribution in [0.1, 0.15) is 17.5 Å². The third kappa shape index (κ3) is 9.01. The van der Waals surface area contributed by atoms with Crippen LogP contribution in [0.4, 0.5) is 0 Å². The van der Waals surface area contributed by atoms with Crippen molar-refractivity contribution in [2.45, 2.75) is 19.5 Å². The molecule has 7 nitrogen and oxygen atoms in total. The van der Waals surface area contributed by atoms with Gasteiger partial charge in [0, 0.05) is 66.6 Å². The van der Waals surface area contributed by atoms with E-state index in [4.69, 9.17) is 9.47 Å². The minimum absolute atomic E-state index is 0.764. The second-order valence-electron chi connectivity index (χ2n) is 7.21. The van der Waals surface area contributed by atoms with Gasteiger partial charge in [-0.2, -0.15) is 0 Å². The fourth-order valence-electron chi connectivity index (χ4n) is 3.22. The first-order valence-electron chi connectivity index (χ1n) is 10.2. The molecular weight excluding hydrogens is 354 g/mol. The van der Waals surface area contributed by atoms with Crippen LogP contribution >= 0.6 is 0 Å². The second kappa shape index (κ2) is 13.5. The second-order valence-corrected chi connectivity index (χ2v) is 7.21. The summed E-state index contributed by atoms with van der Waals surface area (Å²) in [7, 11) is 5.69. The van der Waals surface area contributed by atoms with Crippen LogP contribution in [0.25, 0.3) is 0 Å². The summed E-state index contributed by atoms with van der Waals surface area (Å²) < 4.78 is 10.5. The van der Waals surface area contributed by atoms with E-state index in [1.165, 1.54) is 11.1 Å². The van der Waals surface area contributed by atoms with Gasteiger partial charge in [0.15, 0.2) is 5.96 Å². The summed E-state index contributed by atoms with van der Waals surface area (Å²) in [4.78, 5) is 9.07. The molecule has 0 atom stereocenters. The third-order valence-corrected chi connectivity index (χ3v) is 4.86. The quantitative estimate of drug-likeness (QED) is 0.335. The van der Waals surface area contributed by atoms with Crippen molar-refractivity contribution in [3.8, 4) is 0 Å². The van der Waals surface area contributed by atoms with Gasteiger partial charge in [-0.05, 0) is 24.6 Å². The molecule has 1 aromatic carbocycles. The van der Waals surface area contributed by atoms with Crippen LogP contribution in [0.3, 0.4) is 0 Å². The van der Waals surface area contributed by atoms with Crippen molar-refractivity contribution in [2.75, 3.05) is 73.7 Å². The van der Waals surface area contributed by atoms with Gasteiger partial charge < -0.3 is 25.0 Å². The summed E-state index contributed by atoms with van der Waals surface area (Å²) in [5, 5.41) is 6.79. The lowest BCUT2D eigenvalue weighted by molar-refractivity contribution is 0.0342. The number of nitrogens with zero attached hydrogens (tertiary/aromatic N) is 3. The Bertz CT molecular complexity index is 576. The molecule has 0 unspecified atom stereocenters. The van der Waals surface area contributed by atoms with Gasteiger partial charge >= 0.3 is 0 Å². The number of hydrogen-bond donors (Lipinski definition) is 2. The lowest BCUT2D eigenvalue weighted by atomic mass is 10.1. The molecule has 1 aromatic rings. The molecule has 0 radical (unpaired) electrons. The van der Waals surface area contributed by atoms with Gasteiger partial charge in [-0.1, -0.05) is 24.3 Å². The van der Waals surface area contributed by atoms with Crippen molar-refractivity contribution >= 4 is 5.96 Å². The summed E-state index contributed by atoms with van der Waals surface area (Å²) in [5.74, 6) is 0.837. The molecule has 0 bridgehead atoms. The SMILES string of the molecule is CN=C(NCCN(C)CCCOC)NCc1cccc(CN2CCOCC2)c1. The van der Waals surface area contributed by atoms with Gasteiger partial charge in [0.1, 0.15) is 0 Å². The van der Waals surface area contributed by atoms with E-state index in [1.54, 1.807) is 7.11 Å². The standard InChI is InChI=1S/C21H37N5O2/c1-22-21(23-8-10-25(2)9-5-13-27-3)24-17-19-6-4-7-20(16-19)18-26-11-14-28-15-12-26/h4,6-7,16H,5,8-15,17-18H2,1-3H3,(H2,22,23,24). The molecule has 0 amide bonds. The molecule has 2 rings (SSSR count). The van der Waals surface area contributed by atoms with Gasteiger partial charge in [-0.25, -0.2) is 0 Å². The molecular formula is C21H37N5O2. The zero-order valence-corrected chi connectivity index (χ0v) is 17.7. The fraction of sp³-hybridized carbons (Fsp3) is 0.667. The first-order chi connectivity index (χ1) is 13.7. The average molecular weight is 392 g/mol. The summed E-state index contributed by atoms with van der Waals surface area (Å²) in [5.41, 5.74) is 2.62. The third-order valence-electron chi connectivity index (χ3n) is 4.86. The van der Waals surface area contributed by atoms with E-state index in [2.05, 4.69) is 56.7 Å². The molecule has 7 heteroatoms. The Hall–Kier alpha value is -1.67. The highest BCUT2D eigenvalue weighted by molar-refractivity contribution is 5.79. The minimum Gasteiger partial charge on any atom is -0.385 e. The molecule has 2 N–H and O–H groups in total. The number of nitrogens with one attached hydrogen (secondary N) is 2. The van der Waals surface area contributed by atoms with E-state index in [1.807, 2.05) is 7.05 Å². The van der Waals surface area contributed by atoms with Gasteiger partial charge in [-0.3, -0.25) is 9.89 Å². The Morgan fingerprint density at radius 1 is 1.21 bits per heavy atom. The van der Waals surface area contributed by atoms with Crippen LogP contribution in [0, 0.1) is 0 Å². The van der Waals surface area contributed by atoms with Gasteiger partial charge in [0.05, 0.1) is 13.2 Å². The maximum absolute atomic E-state index is 5.43.